The third-order valence-corrected chi connectivity index (χ3v) is 0. The topological polar surface area (TPSA) is 0 Å². The maximum atomic E-state index is 3.25. The van der Waals surface area contributed by atoms with Crippen molar-refractivity contribution in [2.45, 2.75) is 0 Å². The minimum atomic E-state index is 0. The van der Waals surface area contributed by atoms with Crippen molar-refractivity contribution < 1.29 is 19.9 Å². The zero-order chi connectivity index (χ0) is 2.71. The first-order chi connectivity index (χ1) is 1.41. The zero-order valence-corrected chi connectivity index (χ0v) is 5.36. The second kappa shape index (κ2) is 20.7. The van der Waals surface area contributed by atoms with Crippen LogP contribution in [0.25, 0.3) is 0 Å². The Hall–Kier alpha value is 0.896. The maximum Gasteiger partial charge on any atom is 2.00 e. The normalized spacial score (nSPS) is 2.40. The molecule has 0 aromatic rings. The van der Waals surface area contributed by atoms with E-state index >= 15 is 0 Å². The fraction of sp³-hybridized carbons (Fsp3) is 0. The van der Waals surface area contributed by atoms with Crippen LogP contribution in [0.5, 0.6) is 0 Å². The third kappa shape index (κ3) is 51.2. The van der Waals surface area contributed by atoms with Crippen molar-refractivity contribution in [2.75, 3.05) is 0 Å². The van der Waals surface area contributed by atoms with Crippen LogP contribution in [-0.2, 0) is 17.1 Å². The molecule has 0 spiro atoms. The molecule has 0 fully saturated rings. The number of hydrogen-bond donors (Lipinski definition) is 0. The van der Waals surface area contributed by atoms with Crippen molar-refractivity contribution in [3.63, 3.8) is 0 Å². The van der Waals surface area contributed by atoms with E-state index in [-0.39, 0.29) is 43.0 Å². The monoisotopic (exact) mass is 130 g/mol. The first kappa shape index (κ1) is 16.9. The van der Waals surface area contributed by atoms with Gasteiger partial charge in [-0.2, -0.15) is 0 Å². The zero-order valence-electron chi connectivity index (χ0n) is 5.00. The van der Waals surface area contributed by atoms with Gasteiger partial charge in [0.1, 0.15) is 0 Å². The third-order valence-electron chi connectivity index (χ3n) is 0. The van der Waals surface area contributed by atoms with Crippen molar-refractivity contribution in [2.24, 2.45) is 0 Å². The summed E-state index contributed by atoms with van der Waals surface area (Å²) in [5.74, 6) is 0. The van der Waals surface area contributed by atoms with Crippen LogP contribution in [0.3, 0.4) is 0 Å². The van der Waals surface area contributed by atoms with E-state index in [1.165, 1.54) is 6.08 Å². The Balaban J connectivity index is -0.00000000333. The Morgan fingerprint density at radius 1 is 1.80 bits per heavy atom. The van der Waals surface area contributed by atoms with Crippen molar-refractivity contribution in [1.82, 2.24) is 0 Å². The molecule has 0 N–H and O–H groups in total. The Morgan fingerprint density at radius 2 is 1.80 bits per heavy atom. The molecule has 0 unspecified atom stereocenters. The summed E-state index contributed by atoms with van der Waals surface area (Å²) < 4.78 is 0. The van der Waals surface area contributed by atoms with E-state index in [2.05, 4.69) is 13.5 Å². The summed E-state index contributed by atoms with van der Waals surface area (Å²) in [6, 6.07) is 0. The minimum absolute atomic E-state index is 0. The van der Waals surface area contributed by atoms with Crippen LogP contribution < -0.4 is 0 Å². The van der Waals surface area contributed by atoms with Crippen LogP contribution in [0.15, 0.2) is 12.7 Å². The summed E-state index contributed by atoms with van der Waals surface area (Å²) in [5.41, 5.74) is 0. The number of rotatable bonds is 0. The summed E-state index contributed by atoms with van der Waals surface area (Å²) in [4.78, 5) is 0. The predicted octanol–water partition coefficient (Wildman–Crippen LogP) is 0.848. The molecule has 0 saturated carbocycles. The molecular formula is C3H7CuMg. The van der Waals surface area contributed by atoms with Gasteiger partial charge in [0.25, 0.3) is 0 Å². The molecule has 0 nitrogen and oxygen atoms in total. The van der Waals surface area contributed by atoms with Crippen molar-refractivity contribution >= 4 is 23.1 Å². The molecular weight excluding hydrogens is 124 g/mol. The van der Waals surface area contributed by atoms with E-state index in [9.17, 15) is 0 Å². The largest absolute Gasteiger partial charge is 2.00 e. The molecule has 0 heterocycles. The molecule has 0 bridgehead atoms. The minimum Gasteiger partial charge on any atom is -1.00 e. The molecule has 32 valence electrons. The van der Waals surface area contributed by atoms with Gasteiger partial charge in [-0.3, -0.25) is 0 Å². The van der Waals surface area contributed by atoms with E-state index in [0.717, 1.165) is 0 Å². The predicted molar refractivity (Wildman–Crippen MR) is 23.5 cm³/mol. The van der Waals surface area contributed by atoms with Gasteiger partial charge in [-0.15, -0.1) is 0 Å². The Labute approximate surface area is 62.6 Å². The van der Waals surface area contributed by atoms with Gasteiger partial charge in [0.2, 0.25) is 0 Å². The van der Waals surface area contributed by atoms with Crippen LogP contribution >= 0.6 is 0 Å². The quantitative estimate of drug-likeness (QED) is 0.337. The molecule has 0 atom stereocenters. The standard InChI is InChI=1S/C3H5.Cu.Mg.2H/c1-3-2;;;;/h3H,1-2H2;;;;/q-1;+1;+2;2*-1. The Bertz CT molecular complexity index is 20.4. The van der Waals surface area contributed by atoms with Crippen LogP contribution in [0.4, 0.5) is 0 Å². The Kier molecular flexibility index (Phi) is 69.7. The first-order valence-corrected chi connectivity index (χ1v) is 0.816. The fourth-order valence-electron chi connectivity index (χ4n) is 0. The first-order valence-electron chi connectivity index (χ1n) is 0.816. The molecule has 0 aromatic carbocycles. The van der Waals surface area contributed by atoms with Gasteiger partial charge in [0.15, 0.2) is 0 Å². The molecule has 0 aromatic heterocycles. The van der Waals surface area contributed by atoms with Crippen LogP contribution in [-0.4, -0.2) is 23.1 Å². The second-order valence-electron chi connectivity index (χ2n) is 0.289. The van der Waals surface area contributed by atoms with Crippen molar-refractivity contribution in [1.29, 1.82) is 0 Å². The van der Waals surface area contributed by atoms with Crippen LogP contribution in [0.1, 0.15) is 2.85 Å². The molecule has 0 aliphatic heterocycles. The van der Waals surface area contributed by atoms with Crippen LogP contribution in [0.2, 0.25) is 0 Å². The summed E-state index contributed by atoms with van der Waals surface area (Å²) >= 11 is 0. The van der Waals surface area contributed by atoms with Gasteiger partial charge in [-0.25, -0.2) is 19.6 Å². The van der Waals surface area contributed by atoms with E-state index in [1.54, 1.807) is 0 Å². The number of hydrogen-bond acceptors (Lipinski definition) is 0. The van der Waals surface area contributed by atoms with E-state index < -0.39 is 0 Å². The molecule has 0 aliphatic rings. The van der Waals surface area contributed by atoms with Gasteiger partial charge in [0, 0.05) is 0 Å². The van der Waals surface area contributed by atoms with E-state index in [0.29, 0.717) is 0 Å². The average molecular weight is 131 g/mol. The molecule has 0 rings (SSSR count). The van der Waals surface area contributed by atoms with Crippen molar-refractivity contribution in [3.8, 4) is 0 Å². The molecule has 0 aliphatic carbocycles. The van der Waals surface area contributed by atoms with Gasteiger partial charge < -0.3 is 2.85 Å². The fourth-order valence-corrected chi connectivity index (χ4v) is 0. The second-order valence-corrected chi connectivity index (χ2v) is 0.289. The summed E-state index contributed by atoms with van der Waals surface area (Å²) in [6.45, 7) is 6.50. The Morgan fingerprint density at radius 3 is 1.80 bits per heavy atom. The molecule has 0 radical (unpaired) electrons. The maximum absolute atomic E-state index is 3.25. The number of allylic oxidation sites excluding steroid dienone is 1. The van der Waals surface area contributed by atoms with Gasteiger partial charge >= 0.3 is 40.1 Å². The van der Waals surface area contributed by atoms with E-state index in [4.69, 9.17) is 0 Å². The molecule has 0 amide bonds. The van der Waals surface area contributed by atoms with Gasteiger partial charge in [-0.05, 0) is 0 Å². The van der Waals surface area contributed by atoms with Crippen molar-refractivity contribution in [3.05, 3.63) is 19.6 Å². The van der Waals surface area contributed by atoms with E-state index in [1.807, 2.05) is 0 Å². The van der Waals surface area contributed by atoms with Gasteiger partial charge in [0.05, 0.1) is 0 Å². The summed E-state index contributed by atoms with van der Waals surface area (Å²) in [6.07, 6.45) is 1.50. The van der Waals surface area contributed by atoms with Gasteiger partial charge in [-0.1, -0.05) is 0 Å². The van der Waals surface area contributed by atoms with Crippen LogP contribution in [0, 0.1) is 6.92 Å². The average Bonchev–Trinajstić information content (AvgIpc) is 0.918. The molecule has 5 heavy (non-hydrogen) atoms. The molecule has 0 saturated heterocycles. The summed E-state index contributed by atoms with van der Waals surface area (Å²) in [7, 11) is 0. The summed E-state index contributed by atoms with van der Waals surface area (Å²) in [5, 5.41) is 0. The molecule has 2 heteroatoms. The smallest absolute Gasteiger partial charge is 1.00 e. The SMILES string of the molecule is C=C[CH2-].[Cu+].[H-].[H-].[Mg+2].